The molecule has 0 aliphatic heterocycles. The topological polar surface area (TPSA) is 41.1 Å². The van der Waals surface area contributed by atoms with Gasteiger partial charge in [0.2, 0.25) is 0 Å². The maximum absolute atomic E-state index is 12.5. The first-order valence-corrected chi connectivity index (χ1v) is 6.26. The number of urea groups is 1. The molecule has 0 atom stereocenters. The molecule has 1 aromatic rings. The van der Waals surface area contributed by atoms with Crippen LogP contribution in [0.5, 0.6) is 0 Å². The average Bonchev–Trinajstić information content (AvgIpc) is 2.32. The quantitative estimate of drug-likeness (QED) is 0.877. The van der Waals surface area contributed by atoms with Gasteiger partial charge in [-0.3, -0.25) is 0 Å². The van der Waals surface area contributed by atoms with E-state index in [0.717, 1.165) is 12.1 Å². The minimum Gasteiger partial charge on any atom is -0.338 e. The standard InChI is InChI=1S/C14H19F3N2O/c1-13(2,3)9-19-12(20)18-8-10-5-4-6-11(7-10)14(15,16)17/h4-7H,8-9H2,1-3H3,(H2,18,19,20). The van der Waals surface area contributed by atoms with Crippen LogP contribution < -0.4 is 10.6 Å². The molecule has 3 nitrogen and oxygen atoms in total. The lowest BCUT2D eigenvalue weighted by Crippen LogP contribution is -2.39. The van der Waals surface area contributed by atoms with Gasteiger partial charge in [0, 0.05) is 13.1 Å². The Labute approximate surface area is 116 Å². The van der Waals surface area contributed by atoms with Gasteiger partial charge in [-0.05, 0) is 23.1 Å². The number of hydrogen-bond acceptors (Lipinski definition) is 1. The highest BCUT2D eigenvalue weighted by Gasteiger charge is 2.30. The SMILES string of the molecule is CC(C)(C)CNC(=O)NCc1cccc(C(F)(F)F)c1. The smallest absolute Gasteiger partial charge is 0.338 e. The van der Waals surface area contributed by atoms with Crippen LogP contribution in [0.2, 0.25) is 0 Å². The molecule has 0 radical (unpaired) electrons. The van der Waals surface area contributed by atoms with Crippen molar-refractivity contribution in [1.82, 2.24) is 10.6 Å². The van der Waals surface area contributed by atoms with E-state index in [2.05, 4.69) is 10.6 Å². The van der Waals surface area contributed by atoms with E-state index in [1.165, 1.54) is 6.07 Å². The maximum Gasteiger partial charge on any atom is 0.416 e. The summed E-state index contributed by atoms with van der Waals surface area (Å²) in [5.41, 5.74) is -0.356. The normalized spacial score (nSPS) is 12.1. The van der Waals surface area contributed by atoms with Crippen molar-refractivity contribution in [1.29, 1.82) is 0 Å². The fourth-order valence-electron chi connectivity index (χ4n) is 1.45. The molecule has 0 fully saturated rings. The Morgan fingerprint density at radius 2 is 1.80 bits per heavy atom. The molecule has 0 heterocycles. The monoisotopic (exact) mass is 288 g/mol. The number of hydrogen-bond donors (Lipinski definition) is 2. The Morgan fingerprint density at radius 3 is 2.35 bits per heavy atom. The van der Waals surface area contributed by atoms with Crippen molar-refractivity contribution in [2.75, 3.05) is 6.54 Å². The fourth-order valence-corrected chi connectivity index (χ4v) is 1.45. The molecule has 0 bridgehead atoms. The molecule has 112 valence electrons. The minimum atomic E-state index is -4.37. The van der Waals surface area contributed by atoms with Crippen LogP contribution in [-0.4, -0.2) is 12.6 Å². The van der Waals surface area contributed by atoms with Gasteiger partial charge in [0.25, 0.3) is 0 Å². The van der Waals surface area contributed by atoms with Crippen LogP contribution in [-0.2, 0) is 12.7 Å². The molecule has 1 rings (SSSR count). The lowest BCUT2D eigenvalue weighted by molar-refractivity contribution is -0.137. The van der Waals surface area contributed by atoms with Gasteiger partial charge in [-0.2, -0.15) is 13.2 Å². The van der Waals surface area contributed by atoms with E-state index in [1.807, 2.05) is 20.8 Å². The van der Waals surface area contributed by atoms with E-state index >= 15 is 0 Å². The maximum atomic E-state index is 12.5. The van der Waals surface area contributed by atoms with Gasteiger partial charge in [-0.25, -0.2) is 4.79 Å². The van der Waals surface area contributed by atoms with Crippen molar-refractivity contribution in [3.63, 3.8) is 0 Å². The third-order valence-electron chi connectivity index (χ3n) is 2.49. The molecule has 0 aromatic heterocycles. The van der Waals surface area contributed by atoms with Crippen LogP contribution >= 0.6 is 0 Å². The summed E-state index contributed by atoms with van der Waals surface area (Å²) in [6, 6.07) is 4.51. The Hall–Kier alpha value is -1.72. The predicted molar refractivity (Wildman–Crippen MR) is 71.1 cm³/mol. The van der Waals surface area contributed by atoms with Gasteiger partial charge in [0.05, 0.1) is 5.56 Å². The highest BCUT2D eigenvalue weighted by atomic mass is 19.4. The molecule has 0 unspecified atom stereocenters. The molecule has 2 amide bonds. The van der Waals surface area contributed by atoms with Crippen molar-refractivity contribution in [3.05, 3.63) is 35.4 Å². The minimum absolute atomic E-state index is 0.0481. The Kier molecular flexibility index (Phi) is 5.03. The molecular weight excluding hydrogens is 269 g/mol. The molecule has 0 aliphatic rings. The zero-order valence-electron chi connectivity index (χ0n) is 11.8. The number of halogens is 3. The molecule has 0 spiro atoms. The molecular formula is C14H19F3N2O. The summed E-state index contributed by atoms with van der Waals surface area (Å²) in [6.45, 7) is 6.46. The number of alkyl halides is 3. The number of nitrogens with one attached hydrogen (secondary N) is 2. The molecule has 0 aliphatic carbocycles. The fraction of sp³-hybridized carbons (Fsp3) is 0.500. The summed E-state index contributed by atoms with van der Waals surface area (Å²) in [4.78, 5) is 11.5. The van der Waals surface area contributed by atoms with Gasteiger partial charge in [0.15, 0.2) is 0 Å². The van der Waals surface area contributed by atoms with Crippen LogP contribution in [0.25, 0.3) is 0 Å². The van der Waals surface area contributed by atoms with Crippen molar-refractivity contribution in [2.45, 2.75) is 33.5 Å². The molecule has 0 saturated carbocycles. The highest BCUT2D eigenvalue weighted by Crippen LogP contribution is 2.29. The first kappa shape index (κ1) is 16.3. The summed E-state index contributed by atoms with van der Waals surface area (Å²) in [7, 11) is 0. The second-order valence-electron chi connectivity index (χ2n) is 5.80. The highest BCUT2D eigenvalue weighted by molar-refractivity contribution is 5.73. The van der Waals surface area contributed by atoms with Crippen LogP contribution in [0.3, 0.4) is 0 Å². The zero-order chi connectivity index (χ0) is 15.4. The summed E-state index contributed by atoms with van der Waals surface area (Å²) in [5, 5.41) is 5.20. The Morgan fingerprint density at radius 1 is 1.15 bits per heavy atom. The van der Waals surface area contributed by atoms with Crippen LogP contribution in [0, 0.1) is 5.41 Å². The van der Waals surface area contributed by atoms with Gasteiger partial charge < -0.3 is 10.6 Å². The third kappa shape index (κ3) is 5.95. The lowest BCUT2D eigenvalue weighted by Gasteiger charge is -2.19. The summed E-state index contributed by atoms with van der Waals surface area (Å²) >= 11 is 0. The molecule has 1 aromatic carbocycles. The third-order valence-corrected chi connectivity index (χ3v) is 2.49. The zero-order valence-corrected chi connectivity index (χ0v) is 11.8. The predicted octanol–water partition coefficient (Wildman–Crippen LogP) is 3.55. The van der Waals surface area contributed by atoms with Crippen molar-refractivity contribution in [2.24, 2.45) is 5.41 Å². The summed E-state index contributed by atoms with van der Waals surface area (Å²) in [6.07, 6.45) is -4.37. The molecule has 2 N–H and O–H groups in total. The number of benzene rings is 1. The molecule has 0 saturated heterocycles. The van der Waals surface area contributed by atoms with Crippen molar-refractivity contribution in [3.8, 4) is 0 Å². The van der Waals surface area contributed by atoms with Crippen molar-refractivity contribution >= 4 is 6.03 Å². The largest absolute Gasteiger partial charge is 0.416 e. The van der Waals surface area contributed by atoms with Gasteiger partial charge in [-0.1, -0.05) is 32.9 Å². The van der Waals surface area contributed by atoms with Crippen molar-refractivity contribution < 1.29 is 18.0 Å². The van der Waals surface area contributed by atoms with Gasteiger partial charge in [-0.15, -0.1) is 0 Å². The van der Waals surface area contributed by atoms with Crippen LogP contribution in [0.1, 0.15) is 31.9 Å². The molecule has 20 heavy (non-hydrogen) atoms. The van der Waals surface area contributed by atoms with E-state index in [1.54, 1.807) is 6.07 Å². The summed E-state index contributed by atoms with van der Waals surface area (Å²) in [5.74, 6) is 0. The van der Waals surface area contributed by atoms with E-state index in [4.69, 9.17) is 0 Å². The first-order chi connectivity index (χ1) is 9.08. The number of rotatable bonds is 3. The van der Waals surface area contributed by atoms with E-state index in [-0.39, 0.29) is 12.0 Å². The number of carbonyl (C=O) groups is 1. The van der Waals surface area contributed by atoms with E-state index in [9.17, 15) is 18.0 Å². The van der Waals surface area contributed by atoms with Gasteiger partial charge >= 0.3 is 12.2 Å². The Bertz CT molecular complexity index is 464. The van der Waals surface area contributed by atoms with Crippen LogP contribution in [0.15, 0.2) is 24.3 Å². The van der Waals surface area contributed by atoms with Gasteiger partial charge in [0.1, 0.15) is 0 Å². The number of amides is 2. The van der Waals surface area contributed by atoms with E-state index < -0.39 is 17.8 Å². The second kappa shape index (κ2) is 6.15. The second-order valence-corrected chi connectivity index (χ2v) is 5.80. The molecule has 6 heteroatoms. The first-order valence-electron chi connectivity index (χ1n) is 6.26. The van der Waals surface area contributed by atoms with E-state index in [0.29, 0.717) is 12.1 Å². The summed E-state index contributed by atoms with van der Waals surface area (Å²) < 4.78 is 37.6. The lowest BCUT2D eigenvalue weighted by atomic mass is 9.97. The Balaban J connectivity index is 2.52. The number of carbonyl (C=O) groups excluding carboxylic acids is 1. The van der Waals surface area contributed by atoms with Crippen LogP contribution in [0.4, 0.5) is 18.0 Å². The average molecular weight is 288 g/mol.